The van der Waals surface area contributed by atoms with Crippen LogP contribution >= 0.6 is 11.3 Å². The summed E-state index contributed by atoms with van der Waals surface area (Å²) in [5, 5.41) is 11.5. The number of hydrogen-bond donors (Lipinski definition) is 1. The van der Waals surface area contributed by atoms with Gasteiger partial charge in [-0.1, -0.05) is 6.07 Å². The quantitative estimate of drug-likeness (QED) is 0.877. The van der Waals surface area contributed by atoms with Gasteiger partial charge < -0.3 is 5.11 Å². The average molecular weight is 251 g/mol. The monoisotopic (exact) mass is 251 g/mol. The topological polar surface area (TPSA) is 40.5 Å². The molecule has 3 unspecified atom stereocenters. The van der Waals surface area contributed by atoms with Crippen molar-refractivity contribution in [3.63, 3.8) is 0 Å². The lowest BCUT2D eigenvalue weighted by atomic mass is 9.79. The van der Waals surface area contributed by atoms with E-state index in [4.69, 9.17) is 0 Å². The zero-order valence-electron chi connectivity index (χ0n) is 9.87. The van der Waals surface area contributed by atoms with Crippen molar-refractivity contribution in [2.75, 3.05) is 7.05 Å². The minimum absolute atomic E-state index is 0.191. The molecular formula is C13H17NO2S. The molecule has 2 bridgehead atoms. The summed E-state index contributed by atoms with van der Waals surface area (Å²) in [7, 11) is 2.15. The van der Waals surface area contributed by atoms with Gasteiger partial charge in [-0.05, 0) is 37.8 Å². The summed E-state index contributed by atoms with van der Waals surface area (Å²) in [4.78, 5) is 15.1. The molecule has 0 amide bonds. The lowest BCUT2D eigenvalue weighted by molar-refractivity contribution is -0.145. The van der Waals surface area contributed by atoms with Crippen molar-refractivity contribution >= 4 is 17.3 Å². The fraction of sp³-hybridized carbons (Fsp3) is 0.615. The van der Waals surface area contributed by atoms with Crippen molar-refractivity contribution in [3.8, 4) is 0 Å². The first-order valence-electron chi connectivity index (χ1n) is 6.16. The molecule has 0 radical (unpaired) electrons. The highest BCUT2D eigenvalue weighted by Gasteiger charge is 2.48. The molecule has 0 spiro atoms. The van der Waals surface area contributed by atoms with Crippen LogP contribution in [0.1, 0.15) is 30.1 Å². The number of hydrogen-bond acceptors (Lipinski definition) is 3. The predicted octanol–water partition coefficient (Wildman–Crippen LogP) is 2.40. The standard InChI is InChI=1S/C13H17NO2S/c1-14-8-4-5-10(14)12(9(7-8)13(15)16)11-3-2-6-17-11/h2-3,6,8-10,12H,4-5,7H2,1H3,(H,15,16)/t8?,9?,10-,12?/m1/s1. The maximum atomic E-state index is 11.5. The number of carboxylic acids is 1. The van der Waals surface area contributed by atoms with Gasteiger partial charge in [0.2, 0.25) is 0 Å². The van der Waals surface area contributed by atoms with Crippen LogP contribution < -0.4 is 0 Å². The van der Waals surface area contributed by atoms with Gasteiger partial charge in [-0.2, -0.15) is 0 Å². The molecule has 0 aromatic carbocycles. The number of carbonyl (C=O) groups is 1. The molecule has 4 heteroatoms. The Kier molecular flexibility index (Phi) is 2.71. The number of likely N-dealkylation sites (N-methyl/N-ethyl adjacent to an activating group) is 1. The fourth-order valence-corrected chi connectivity index (χ4v) is 4.54. The summed E-state index contributed by atoms with van der Waals surface area (Å²) in [5.41, 5.74) is 0. The van der Waals surface area contributed by atoms with Crippen molar-refractivity contribution in [2.45, 2.75) is 37.3 Å². The number of carboxylic acid groups (broad SMARTS) is 1. The summed E-state index contributed by atoms with van der Waals surface area (Å²) in [6.07, 6.45) is 3.12. The summed E-state index contributed by atoms with van der Waals surface area (Å²) < 4.78 is 0. The Balaban J connectivity index is 1.98. The van der Waals surface area contributed by atoms with Gasteiger partial charge in [0.1, 0.15) is 0 Å². The lowest BCUT2D eigenvalue weighted by Gasteiger charge is -2.41. The van der Waals surface area contributed by atoms with E-state index in [1.807, 2.05) is 6.07 Å². The van der Waals surface area contributed by atoms with Gasteiger partial charge in [0.15, 0.2) is 0 Å². The number of fused-ring (bicyclic) bond motifs is 2. The zero-order valence-corrected chi connectivity index (χ0v) is 10.7. The second kappa shape index (κ2) is 4.10. The number of rotatable bonds is 2. The minimum atomic E-state index is -0.617. The van der Waals surface area contributed by atoms with E-state index in [2.05, 4.69) is 23.4 Å². The van der Waals surface area contributed by atoms with Crippen molar-refractivity contribution in [1.82, 2.24) is 4.90 Å². The second-order valence-electron chi connectivity index (χ2n) is 5.19. The summed E-state index contributed by atoms with van der Waals surface area (Å²) in [5.74, 6) is -0.619. The zero-order chi connectivity index (χ0) is 12.0. The summed E-state index contributed by atoms with van der Waals surface area (Å²) >= 11 is 1.70. The van der Waals surface area contributed by atoms with Crippen LogP contribution in [-0.4, -0.2) is 35.1 Å². The molecule has 2 aliphatic rings. The molecule has 2 fully saturated rings. The van der Waals surface area contributed by atoms with Crippen LogP contribution in [0.2, 0.25) is 0 Å². The molecule has 4 atom stereocenters. The van der Waals surface area contributed by atoms with E-state index in [0.29, 0.717) is 12.1 Å². The fourth-order valence-electron chi connectivity index (χ4n) is 3.59. The van der Waals surface area contributed by atoms with Gasteiger partial charge in [-0.25, -0.2) is 0 Å². The molecule has 2 aliphatic heterocycles. The highest BCUT2D eigenvalue weighted by atomic mass is 32.1. The largest absolute Gasteiger partial charge is 0.481 e. The van der Waals surface area contributed by atoms with E-state index in [1.54, 1.807) is 11.3 Å². The van der Waals surface area contributed by atoms with Gasteiger partial charge in [0.25, 0.3) is 0 Å². The maximum Gasteiger partial charge on any atom is 0.307 e. The highest BCUT2D eigenvalue weighted by Crippen LogP contribution is 2.47. The SMILES string of the molecule is CN1C2CC[C@@H]1C(c1cccs1)C(C(=O)O)C2. The van der Waals surface area contributed by atoms with E-state index >= 15 is 0 Å². The third-order valence-corrected chi connectivity index (χ3v) is 5.43. The minimum Gasteiger partial charge on any atom is -0.481 e. The molecule has 0 aliphatic carbocycles. The molecule has 1 N–H and O–H groups in total. The molecule has 0 saturated carbocycles. The Hall–Kier alpha value is -0.870. The lowest BCUT2D eigenvalue weighted by Crippen LogP contribution is -2.47. The highest BCUT2D eigenvalue weighted by molar-refractivity contribution is 7.10. The number of thiophene rings is 1. The number of nitrogens with zero attached hydrogens (tertiary/aromatic N) is 1. The normalized spacial score (nSPS) is 37.2. The Labute approximate surface area is 105 Å². The molecule has 1 aromatic rings. The third-order valence-electron chi connectivity index (χ3n) is 4.46. The van der Waals surface area contributed by atoms with Gasteiger partial charge in [-0.3, -0.25) is 9.69 Å². The van der Waals surface area contributed by atoms with Gasteiger partial charge in [0.05, 0.1) is 5.92 Å². The second-order valence-corrected chi connectivity index (χ2v) is 6.16. The first-order valence-corrected chi connectivity index (χ1v) is 7.04. The smallest absolute Gasteiger partial charge is 0.307 e. The van der Waals surface area contributed by atoms with Crippen LogP contribution in [0.3, 0.4) is 0 Å². The van der Waals surface area contributed by atoms with Gasteiger partial charge in [-0.15, -0.1) is 11.3 Å². The Morgan fingerprint density at radius 3 is 3.00 bits per heavy atom. The van der Waals surface area contributed by atoms with Crippen LogP contribution in [0.5, 0.6) is 0 Å². The van der Waals surface area contributed by atoms with E-state index in [1.165, 1.54) is 4.88 Å². The van der Waals surface area contributed by atoms with E-state index in [9.17, 15) is 9.90 Å². The average Bonchev–Trinajstić information content (AvgIpc) is 2.87. The maximum absolute atomic E-state index is 11.5. The van der Waals surface area contributed by atoms with Gasteiger partial charge >= 0.3 is 5.97 Å². The van der Waals surface area contributed by atoms with Gasteiger partial charge in [0, 0.05) is 22.9 Å². The third kappa shape index (κ3) is 1.70. The van der Waals surface area contributed by atoms with E-state index < -0.39 is 5.97 Å². The first-order chi connectivity index (χ1) is 8.18. The molecule has 2 saturated heterocycles. The van der Waals surface area contributed by atoms with Crippen molar-refractivity contribution < 1.29 is 9.90 Å². The van der Waals surface area contributed by atoms with Crippen molar-refractivity contribution in [1.29, 1.82) is 0 Å². The van der Waals surface area contributed by atoms with Crippen molar-refractivity contribution in [3.05, 3.63) is 22.4 Å². The van der Waals surface area contributed by atoms with Crippen LogP contribution in [-0.2, 0) is 4.79 Å². The van der Waals surface area contributed by atoms with Crippen molar-refractivity contribution in [2.24, 2.45) is 5.92 Å². The van der Waals surface area contributed by atoms with Crippen LogP contribution in [0.15, 0.2) is 17.5 Å². The molecular weight excluding hydrogens is 234 g/mol. The van der Waals surface area contributed by atoms with E-state index in [0.717, 1.165) is 19.3 Å². The van der Waals surface area contributed by atoms with E-state index in [-0.39, 0.29) is 11.8 Å². The molecule has 3 rings (SSSR count). The Morgan fingerprint density at radius 1 is 1.53 bits per heavy atom. The summed E-state index contributed by atoms with van der Waals surface area (Å²) in [6.45, 7) is 0. The number of aliphatic carboxylic acids is 1. The molecule has 3 heterocycles. The number of piperidine rings is 1. The van der Waals surface area contributed by atoms with Crippen LogP contribution in [0, 0.1) is 5.92 Å². The first kappa shape index (κ1) is 11.2. The van der Waals surface area contributed by atoms with Crippen LogP contribution in [0.4, 0.5) is 0 Å². The predicted molar refractivity (Wildman–Crippen MR) is 67.4 cm³/mol. The molecule has 92 valence electrons. The summed E-state index contributed by atoms with van der Waals surface area (Å²) in [6, 6.07) is 5.03. The van der Waals surface area contributed by atoms with Crippen LogP contribution in [0.25, 0.3) is 0 Å². The molecule has 17 heavy (non-hydrogen) atoms. The Bertz CT molecular complexity index is 417. The molecule has 1 aromatic heterocycles. The molecule has 3 nitrogen and oxygen atoms in total. The Morgan fingerprint density at radius 2 is 2.35 bits per heavy atom.